The highest BCUT2D eigenvalue weighted by molar-refractivity contribution is 9.10. The van der Waals surface area contributed by atoms with Gasteiger partial charge >= 0.3 is 0 Å². The van der Waals surface area contributed by atoms with Crippen LogP contribution in [0.15, 0.2) is 28.7 Å². The van der Waals surface area contributed by atoms with Crippen molar-refractivity contribution in [1.29, 1.82) is 0 Å². The molecule has 0 saturated carbocycles. The maximum absolute atomic E-state index is 10.8. The molecule has 1 rings (SSSR count). The minimum Gasteiger partial charge on any atom is -0.381 e. The topological polar surface area (TPSA) is 37.3 Å². The first kappa shape index (κ1) is 9.42. The second kappa shape index (κ2) is 3.83. The van der Waals surface area contributed by atoms with E-state index in [1.54, 1.807) is 24.3 Å². The molecule has 0 aromatic heterocycles. The number of Topliss-reactive ketones (excluding diaryl/α,β-unsaturated/α-hetero) is 1. The van der Waals surface area contributed by atoms with Crippen LogP contribution >= 0.6 is 15.9 Å². The van der Waals surface area contributed by atoms with Gasteiger partial charge in [0.05, 0.1) is 0 Å². The quantitative estimate of drug-likeness (QED) is 0.842. The number of aliphatic hydroxyl groups is 1. The van der Waals surface area contributed by atoms with Crippen LogP contribution in [0.25, 0.3) is 0 Å². The van der Waals surface area contributed by atoms with Crippen LogP contribution in [0.4, 0.5) is 0 Å². The molecule has 2 nitrogen and oxygen atoms in total. The summed E-state index contributed by atoms with van der Waals surface area (Å²) in [4.78, 5) is 10.8. The van der Waals surface area contributed by atoms with Crippen LogP contribution in [-0.2, 0) is 4.79 Å². The lowest BCUT2D eigenvalue weighted by atomic mass is 10.1. The predicted octanol–water partition coefficient (Wildman–Crippen LogP) is 2.07. The Hall–Kier alpha value is -0.670. The van der Waals surface area contributed by atoms with Crippen molar-refractivity contribution < 1.29 is 9.90 Å². The maximum atomic E-state index is 10.8. The average Bonchev–Trinajstić information content (AvgIpc) is 2.04. The van der Waals surface area contributed by atoms with Gasteiger partial charge in [0, 0.05) is 4.47 Å². The van der Waals surface area contributed by atoms with Gasteiger partial charge in [-0.05, 0) is 24.6 Å². The molecule has 1 aromatic rings. The fraction of sp³-hybridized carbons (Fsp3) is 0.222. The molecule has 12 heavy (non-hydrogen) atoms. The van der Waals surface area contributed by atoms with Crippen LogP contribution in [0.1, 0.15) is 18.6 Å². The van der Waals surface area contributed by atoms with Gasteiger partial charge in [0.25, 0.3) is 0 Å². The summed E-state index contributed by atoms with van der Waals surface area (Å²) in [6.07, 6.45) is -0.988. The van der Waals surface area contributed by atoms with Crippen LogP contribution in [0, 0.1) is 0 Å². The van der Waals surface area contributed by atoms with E-state index in [9.17, 15) is 9.90 Å². The summed E-state index contributed by atoms with van der Waals surface area (Å²) >= 11 is 3.27. The molecule has 3 heteroatoms. The molecular weight excluding hydrogens is 220 g/mol. The van der Waals surface area contributed by atoms with Gasteiger partial charge in [-0.2, -0.15) is 0 Å². The molecule has 0 amide bonds. The van der Waals surface area contributed by atoms with E-state index in [0.717, 1.165) is 4.47 Å². The van der Waals surface area contributed by atoms with E-state index in [-0.39, 0.29) is 5.78 Å². The molecule has 0 fully saturated rings. The molecule has 64 valence electrons. The molecule has 0 bridgehead atoms. The summed E-state index contributed by atoms with van der Waals surface area (Å²) in [6, 6.07) is 7.02. The van der Waals surface area contributed by atoms with E-state index >= 15 is 0 Å². The third kappa shape index (κ3) is 2.16. The zero-order valence-corrected chi connectivity index (χ0v) is 8.21. The van der Waals surface area contributed by atoms with Crippen molar-refractivity contribution >= 4 is 21.7 Å². The molecule has 0 aliphatic carbocycles. The Labute approximate surface area is 79.3 Å². The highest BCUT2D eigenvalue weighted by Crippen LogP contribution is 2.16. The van der Waals surface area contributed by atoms with E-state index in [1.807, 2.05) is 0 Å². The Bertz CT molecular complexity index is 279. The molecule has 0 radical (unpaired) electrons. The van der Waals surface area contributed by atoms with Crippen molar-refractivity contribution in [1.82, 2.24) is 0 Å². The van der Waals surface area contributed by atoms with Crippen LogP contribution < -0.4 is 0 Å². The lowest BCUT2D eigenvalue weighted by Crippen LogP contribution is -2.06. The molecule has 0 aliphatic heterocycles. The minimum atomic E-state index is -0.988. The van der Waals surface area contributed by atoms with E-state index in [2.05, 4.69) is 15.9 Å². The van der Waals surface area contributed by atoms with Gasteiger partial charge < -0.3 is 5.11 Å². The molecule has 0 unspecified atom stereocenters. The van der Waals surface area contributed by atoms with Gasteiger partial charge in [-0.15, -0.1) is 0 Å². The summed E-state index contributed by atoms with van der Waals surface area (Å²) in [7, 11) is 0. The smallest absolute Gasteiger partial charge is 0.162 e. The number of benzene rings is 1. The third-order valence-electron chi connectivity index (χ3n) is 1.57. The Kier molecular flexibility index (Phi) is 3.00. The monoisotopic (exact) mass is 228 g/mol. The fourth-order valence-corrected chi connectivity index (χ4v) is 1.14. The van der Waals surface area contributed by atoms with Crippen LogP contribution in [0.2, 0.25) is 0 Å². The van der Waals surface area contributed by atoms with E-state index in [1.165, 1.54) is 6.92 Å². The molecule has 0 saturated heterocycles. The Morgan fingerprint density at radius 2 is 1.92 bits per heavy atom. The number of rotatable bonds is 2. The maximum Gasteiger partial charge on any atom is 0.162 e. The van der Waals surface area contributed by atoms with Crippen LogP contribution in [-0.4, -0.2) is 10.9 Å². The second-order valence-corrected chi connectivity index (χ2v) is 3.48. The highest BCUT2D eigenvalue weighted by atomic mass is 79.9. The fourth-order valence-electron chi connectivity index (χ4n) is 0.880. The minimum absolute atomic E-state index is 0.239. The van der Waals surface area contributed by atoms with Crippen molar-refractivity contribution in [2.24, 2.45) is 0 Å². The zero-order valence-electron chi connectivity index (χ0n) is 6.62. The van der Waals surface area contributed by atoms with Gasteiger partial charge in [-0.1, -0.05) is 28.1 Å². The van der Waals surface area contributed by atoms with Crippen molar-refractivity contribution in [2.75, 3.05) is 0 Å². The zero-order chi connectivity index (χ0) is 9.14. The number of carbonyl (C=O) groups is 1. The standard InChI is InChI=1S/C9H9BrO2/c1-6(11)9(12)7-2-4-8(10)5-3-7/h2-5,9,12H,1H3/t9-/m1/s1. The molecule has 1 aromatic carbocycles. The van der Waals surface area contributed by atoms with Crippen molar-refractivity contribution in [3.63, 3.8) is 0 Å². The summed E-state index contributed by atoms with van der Waals surface area (Å²) < 4.78 is 0.932. The van der Waals surface area contributed by atoms with E-state index < -0.39 is 6.10 Å². The molecule has 0 heterocycles. The Balaban J connectivity index is 2.89. The van der Waals surface area contributed by atoms with Crippen LogP contribution in [0.5, 0.6) is 0 Å². The van der Waals surface area contributed by atoms with Gasteiger partial charge in [0.2, 0.25) is 0 Å². The van der Waals surface area contributed by atoms with Crippen molar-refractivity contribution in [2.45, 2.75) is 13.0 Å². The van der Waals surface area contributed by atoms with Crippen molar-refractivity contribution in [3.8, 4) is 0 Å². The first-order valence-corrected chi connectivity index (χ1v) is 4.34. The molecule has 0 spiro atoms. The highest BCUT2D eigenvalue weighted by Gasteiger charge is 2.11. The summed E-state index contributed by atoms with van der Waals surface area (Å²) in [5.41, 5.74) is 0.630. The first-order valence-electron chi connectivity index (χ1n) is 3.55. The third-order valence-corrected chi connectivity index (χ3v) is 2.10. The molecule has 1 N–H and O–H groups in total. The Morgan fingerprint density at radius 3 is 2.33 bits per heavy atom. The number of hydrogen-bond donors (Lipinski definition) is 1. The van der Waals surface area contributed by atoms with Gasteiger partial charge in [0.1, 0.15) is 6.10 Å². The van der Waals surface area contributed by atoms with E-state index in [0.29, 0.717) is 5.56 Å². The largest absolute Gasteiger partial charge is 0.381 e. The average molecular weight is 229 g/mol. The normalized spacial score (nSPS) is 12.6. The summed E-state index contributed by atoms with van der Waals surface area (Å²) in [5.74, 6) is -0.239. The van der Waals surface area contributed by atoms with Crippen LogP contribution in [0.3, 0.4) is 0 Å². The number of halogens is 1. The number of carbonyl (C=O) groups excluding carboxylic acids is 1. The number of ketones is 1. The molecular formula is C9H9BrO2. The SMILES string of the molecule is CC(=O)[C@@H](O)c1ccc(Br)cc1. The second-order valence-electron chi connectivity index (χ2n) is 2.56. The van der Waals surface area contributed by atoms with Gasteiger partial charge in [0.15, 0.2) is 5.78 Å². The van der Waals surface area contributed by atoms with Crippen molar-refractivity contribution in [3.05, 3.63) is 34.3 Å². The molecule has 0 aliphatic rings. The lowest BCUT2D eigenvalue weighted by Gasteiger charge is -2.05. The summed E-state index contributed by atoms with van der Waals surface area (Å²) in [5, 5.41) is 9.32. The van der Waals surface area contributed by atoms with Gasteiger partial charge in [-0.25, -0.2) is 0 Å². The number of aliphatic hydroxyl groups excluding tert-OH is 1. The summed E-state index contributed by atoms with van der Waals surface area (Å²) in [6.45, 7) is 1.37. The molecule has 1 atom stereocenters. The number of hydrogen-bond acceptors (Lipinski definition) is 2. The lowest BCUT2D eigenvalue weighted by molar-refractivity contribution is -0.125. The van der Waals surface area contributed by atoms with E-state index in [4.69, 9.17) is 0 Å². The predicted molar refractivity (Wildman–Crippen MR) is 49.8 cm³/mol. The Morgan fingerprint density at radius 1 is 1.42 bits per heavy atom. The first-order chi connectivity index (χ1) is 5.61. The van der Waals surface area contributed by atoms with Gasteiger partial charge in [-0.3, -0.25) is 4.79 Å².